The largest absolute Gasteiger partial charge is 0.335 e. The van der Waals surface area contributed by atoms with Crippen LogP contribution in [0.15, 0.2) is 53.9 Å². The first-order valence-electron chi connectivity index (χ1n) is 11.0. The Labute approximate surface area is 197 Å². The second kappa shape index (κ2) is 8.90. The average molecular weight is 484 g/mol. The molecule has 1 aromatic carbocycles. The van der Waals surface area contributed by atoms with Gasteiger partial charge in [0.15, 0.2) is 20.8 Å². The van der Waals surface area contributed by atoms with Gasteiger partial charge in [0, 0.05) is 30.0 Å². The van der Waals surface area contributed by atoms with Crippen LogP contribution in [0.2, 0.25) is 0 Å². The number of aromatic nitrogens is 4. The molecule has 0 radical (unpaired) electrons. The Morgan fingerprint density at radius 3 is 2.52 bits per heavy atom. The lowest BCUT2D eigenvalue weighted by Crippen LogP contribution is -2.43. The van der Waals surface area contributed by atoms with E-state index in [0.717, 1.165) is 29.7 Å². The molecule has 33 heavy (non-hydrogen) atoms. The van der Waals surface area contributed by atoms with Crippen molar-refractivity contribution in [2.75, 3.05) is 17.3 Å². The van der Waals surface area contributed by atoms with E-state index in [1.54, 1.807) is 12.4 Å². The van der Waals surface area contributed by atoms with Crippen LogP contribution in [0.25, 0.3) is 17.1 Å². The highest BCUT2D eigenvalue weighted by atomic mass is 32.2. The third kappa shape index (κ3) is 4.67. The van der Waals surface area contributed by atoms with E-state index in [0.29, 0.717) is 17.4 Å². The zero-order valence-corrected chi connectivity index (χ0v) is 19.9. The van der Waals surface area contributed by atoms with Crippen LogP contribution < -0.4 is 0 Å². The maximum absolute atomic E-state index is 13.2. The Bertz CT molecular complexity index is 1270. The van der Waals surface area contributed by atoms with Crippen molar-refractivity contribution in [3.63, 3.8) is 0 Å². The Morgan fingerprint density at radius 1 is 1.09 bits per heavy atom. The van der Waals surface area contributed by atoms with Gasteiger partial charge >= 0.3 is 0 Å². The van der Waals surface area contributed by atoms with E-state index in [4.69, 9.17) is 0 Å². The van der Waals surface area contributed by atoms with Gasteiger partial charge in [0.05, 0.1) is 22.9 Å². The van der Waals surface area contributed by atoms with Gasteiger partial charge in [0.25, 0.3) is 0 Å². The van der Waals surface area contributed by atoms with Gasteiger partial charge in [0.1, 0.15) is 0 Å². The van der Waals surface area contributed by atoms with E-state index in [1.165, 1.54) is 11.8 Å². The number of hydrogen-bond donors (Lipinski definition) is 0. The number of pyridine rings is 1. The lowest BCUT2D eigenvalue weighted by Gasteiger charge is -2.28. The molecule has 1 aliphatic heterocycles. The molecule has 8 nitrogen and oxygen atoms in total. The normalized spacial score (nSPS) is 19.5. The first-order valence-corrected chi connectivity index (χ1v) is 13.8. The molecule has 5 rings (SSSR count). The minimum absolute atomic E-state index is 0.0330. The topological polar surface area (TPSA) is 98.1 Å². The molecule has 1 unspecified atom stereocenters. The summed E-state index contributed by atoms with van der Waals surface area (Å²) >= 11 is 1.34. The number of carbonyl (C=O) groups excluding carboxylic acids is 1. The molecule has 0 spiro atoms. The van der Waals surface area contributed by atoms with Crippen molar-refractivity contribution in [1.29, 1.82) is 0 Å². The summed E-state index contributed by atoms with van der Waals surface area (Å²) in [5.41, 5.74) is 2.90. The second-order valence-electron chi connectivity index (χ2n) is 8.54. The first kappa shape index (κ1) is 22.1. The molecule has 1 atom stereocenters. The van der Waals surface area contributed by atoms with Crippen LogP contribution in [0.1, 0.15) is 24.8 Å². The number of benzene rings is 1. The number of sulfone groups is 1. The highest BCUT2D eigenvalue weighted by Gasteiger charge is 2.42. The molecule has 1 aliphatic carbocycles. The molecule has 0 bridgehead atoms. The minimum Gasteiger partial charge on any atom is -0.335 e. The number of thioether (sulfide) groups is 1. The van der Waals surface area contributed by atoms with Crippen LogP contribution >= 0.6 is 11.8 Å². The van der Waals surface area contributed by atoms with Crippen molar-refractivity contribution in [3.8, 4) is 17.1 Å². The van der Waals surface area contributed by atoms with Gasteiger partial charge < -0.3 is 4.90 Å². The Kier molecular flexibility index (Phi) is 5.96. The number of hydrogen-bond acceptors (Lipinski definition) is 7. The van der Waals surface area contributed by atoms with Gasteiger partial charge in [-0.05, 0) is 49.9 Å². The summed E-state index contributed by atoms with van der Waals surface area (Å²) in [5.74, 6) is 1.08. The molecular formula is C23H25N5O3S2. The fourth-order valence-corrected chi connectivity index (χ4v) is 6.86. The summed E-state index contributed by atoms with van der Waals surface area (Å²) in [6.45, 7) is 2.03. The van der Waals surface area contributed by atoms with E-state index >= 15 is 0 Å². The molecule has 10 heteroatoms. The predicted molar refractivity (Wildman–Crippen MR) is 127 cm³/mol. The molecule has 0 N–H and O–H groups in total. The quantitative estimate of drug-likeness (QED) is 0.477. The van der Waals surface area contributed by atoms with Gasteiger partial charge in [0.2, 0.25) is 5.91 Å². The standard InChI is InChI=1S/C23H25N5O3S2/c1-16-4-2-3-5-20(16)28-22(17-8-11-24-12-9-17)25-26-23(28)32-14-21(29)27(18-6-7-18)19-10-13-33(30,31)15-19/h2-5,8-9,11-12,18-19H,6-7,10,13-15H2,1H3. The molecular weight excluding hydrogens is 458 g/mol. The van der Waals surface area contributed by atoms with Crippen molar-refractivity contribution in [2.24, 2.45) is 0 Å². The molecule has 3 heterocycles. The molecule has 1 saturated carbocycles. The van der Waals surface area contributed by atoms with Crippen LogP contribution in [0.5, 0.6) is 0 Å². The SMILES string of the molecule is Cc1ccccc1-n1c(SCC(=O)N(C2CC2)C2CCS(=O)(=O)C2)nnc1-c1ccncc1. The number of rotatable bonds is 7. The van der Waals surface area contributed by atoms with Gasteiger partial charge in [-0.2, -0.15) is 0 Å². The van der Waals surface area contributed by atoms with Gasteiger partial charge in [-0.15, -0.1) is 10.2 Å². The van der Waals surface area contributed by atoms with Crippen molar-refractivity contribution >= 4 is 27.5 Å². The lowest BCUT2D eigenvalue weighted by molar-refractivity contribution is -0.130. The Balaban J connectivity index is 1.42. The molecule has 2 aliphatic rings. The molecule has 2 fully saturated rings. The Hall–Kier alpha value is -2.72. The highest BCUT2D eigenvalue weighted by Crippen LogP contribution is 2.34. The van der Waals surface area contributed by atoms with E-state index in [1.807, 2.05) is 52.8 Å². The van der Waals surface area contributed by atoms with Crippen LogP contribution in [-0.2, 0) is 14.6 Å². The number of amides is 1. The second-order valence-corrected chi connectivity index (χ2v) is 11.7. The predicted octanol–water partition coefficient (Wildman–Crippen LogP) is 2.91. The maximum Gasteiger partial charge on any atom is 0.233 e. The molecule has 3 aromatic rings. The van der Waals surface area contributed by atoms with E-state index in [2.05, 4.69) is 15.2 Å². The van der Waals surface area contributed by atoms with Gasteiger partial charge in [-0.1, -0.05) is 30.0 Å². The fourth-order valence-electron chi connectivity index (χ4n) is 4.34. The van der Waals surface area contributed by atoms with Crippen LogP contribution in [0, 0.1) is 6.92 Å². The van der Waals surface area contributed by atoms with E-state index < -0.39 is 9.84 Å². The zero-order chi connectivity index (χ0) is 23.0. The van der Waals surface area contributed by atoms with Crippen molar-refractivity contribution < 1.29 is 13.2 Å². The van der Waals surface area contributed by atoms with Crippen LogP contribution in [0.3, 0.4) is 0 Å². The first-order chi connectivity index (χ1) is 15.9. The third-order valence-corrected chi connectivity index (χ3v) is 8.75. The summed E-state index contributed by atoms with van der Waals surface area (Å²) < 4.78 is 26.0. The smallest absolute Gasteiger partial charge is 0.233 e. The monoisotopic (exact) mass is 483 g/mol. The van der Waals surface area contributed by atoms with Gasteiger partial charge in [-0.25, -0.2) is 8.42 Å². The number of aryl methyl sites for hydroxylation is 1. The highest BCUT2D eigenvalue weighted by molar-refractivity contribution is 7.99. The molecule has 2 aromatic heterocycles. The summed E-state index contributed by atoms with van der Waals surface area (Å²) in [4.78, 5) is 19.2. The summed E-state index contributed by atoms with van der Waals surface area (Å²) in [7, 11) is -3.05. The number of para-hydroxylation sites is 1. The molecule has 1 amide bonds. The number of carbonyl (C=O) groups is 1. The van der Waals surface area contributed by atoms with Crippen LogP contribution in [-0.4, -0.2) is 68.3 Å². The fraction of sp³-hybridized carbons (Fsp3) is 0.391. The van der Waals surface area contributed by atoms with Crippen molar-refractivity contribution in [1.82, 2.24) is 24.6 Å². The molecule has 172 valence electrons. The van der Waals surface area contributed by atoms with E-state index in [-0.39, 0.29) is 35.2 Å². The van der Waals surface area contributed by atoms with E-state index in [9.17, 15) is 13.2 Å². The summed E-state index contributed by atoms with van der Waals surface area (Å²) in [6, 6.07) is 11.7. The lowest BCUT2D eigenvalue weighted by atomic mass is 10.2. The number of nitrogens with zero attached hydrogens (tertiary/aromatic N) is 5. The van der Waals surface area contributed by atoms with Gasteiger partial charge in [-0.3, -0.25) is 14.3 Å². The third-order valence-electron chi connectivity index (χ3n) is 6.08. The Morgan fingerprint density at radius 2 is 1.85 bits per heavy atom. The molecule has 1 saturated heterocycles. The summed E-state index contributed by atoms with van der Waals surface area (Å²) in [5, 5.41) is 9.47. The maximum atomic E-state index is 13.2. The minimum atomic E-state index is -3.05. The van der Waals surface area contributed by atoms with Crippen molar-refractivity contribution in [3.05, 3.63) is 54.4 Å². The summed E-state index contributed by atoms with van der Waals surface area (Å²) in [6.07, 6.45) is 5.84. The average Bonchev–Trinajstić information content (AvgIpc) is 3.44. The van der Waals surface area contributed by atoms with Crippen molar-refractivity contribution in [2.45, 2.75) is 43.4 Å². The zero-order valence-electron chi connectivity index (χ0n) is 18.3. The van der Waals surface area contributed by atoms with Crippen LogP contribution in [0.4, 0.5) is 0 Å².